The Labute approximate surface area is 153 Å². The van der Waals surface area contributed by atoms with E-state index in [2.05, 4.69) is 4.74 Å². The van der Waals surface area contributed by atoms with Crippen LogP contribution in [0.2, 0.25) is 0 Å². The minimum Gasteiger partial charge on any atom is -0.508 e. The molecular weight excluding hydrogens is 338 g/mol. The van der Waals surface area contributed by atoms with Crippen molar-refractivity contribution < 1.29 is 29.0 Å². The summed E-state index contributed by atoms with van der Waals surface area (Å²) in [5.74, 6) is -2.29. The number of esters is 2. The van der Waals surface area contributed by atoms with Gasteiger partial charge < -0.3 is 19.5 Å². The summed E-state index contributed by atoms with van der Waals surface area (Å²) in [6.07, 6.45) is -0.181. The Morgan fingerprint density at radius 3 is 2.15 bits per heavy atom. The predicted octanol–water partition coefficient (Wildman–Crippen LogP) is 2.23. The Kier molecular flexibility index (Phi) is 7.18. The van der Waals surface area contributed by atoms with Gasteiger partial charge in [-0.25, -0.2) is 4.79 Å². The first-order chi connectivity index (χ1) is 12.0. The maximum Gasteiger partial charge on any atom is 0.328 e. The number of methoxy groups -OCH3 is 1. The van der Waals surface area contributed by atoms with E-state index in [9.17, 15) is 19.5 Å². The molecule has 0 aliphatic heterocycles. The predicted molar refractivity (Wildman–Crippen MR) is 95.6 cm³/mol. The molecular formula is C19H27NO6. The molecule has 0 fully saturated rings. The maximum absolute atomic E-state index is 12.9. The van der Waals surface area contributed by atoms with E-state index in [1.54, 1.807) is 39.8 Å². The maximum atomic E-state index is 12.9. The van der Waals surface area contributed by atoms with Gasteiger partial charge in [0.25, 0.3) is 0 Å². The number of phenolic OH excluding ortho intramolecular Hbond substituents is 1. The highest BCUT2D eigenvalue weighted by molar-refractivity contribution is 5.91. The molecule has 0 heterocycles. The highest BCUT2D eigenvalue weighted by atomic mass is 16.6. The van der Waals surface area contributed by atoms with Gasteiger partial charge in [-0.3, -0.25) is 9.59 Å². The quantitative estimate of drug-likeness (QED) is 0.777. The van der Waals surface area contributed by atoms with Crippen molar-refractivity contribution in [3.05, 3.63) is 29.8 Å². The summed E-state index contributed by atoms with van der Waals surface area (Å²) in [5, 5.41) is 9.47. The van der Waals surface area contributed by atoms with E-state index in [1.807, 2.05) is 0 Å². The third kappa shape index (κ3) is 6.06. The molecule has 7 heteroatoms. The Bertz CT molecular complexity index is 647. The van der Waals surface area contributed by atoms with Crippen molar-refractivity contribution in [3.63, 3.8) is 0 Å². The van der Waals surface area contributed by atoms with Gasteiger partial charge in [0.1, 0.15) is 17.4 Å². The molecule has 0 unspecified atom stereocenters. The standard InChI is InChI=1S/C19H27NO6/c1-12(18(24)25-6)20(5)17(23)15(11-16(22)26-19(2,3)4)13-7-9-14(21)10-8-13/h7-10,12,15,21H,11H2,1-6H3/t12-,15+/m0/s1. The van der Waals surface area contributed by atoms with Crippen LogP contribution in [0.5, 0.6) is 5.75 Å². The van der Waals surface area contributed by atoms with Gasteiger partial charge in [-0.1, -0.05) is 12.1 Å². The highest BCUT2D eigenvalue weighted by Gasteiger charge is 2.32. The molecule has 0 saturated heterocycles. The molecule has 0 radical (unpaired) electrons. The number of nitrogens with zero attached hydrogens (tertiary/aromatic N) is 1. The topological polar surface area (TPSA) is 93.1 Å². The summed E-state index contributed by atoms with van der Waals surface area (Å²) >= 11 is 0. The number of hydrogen-bond acceptors (Lipinski definition) is 6. The molecule has 1 amide bonds. The molecule has 0 saturated carbocycles. The molecule has 1 N–H and O–H groups in total. The van der Waals surface area contributed by atoms with Crippen molar-refractivity contribution >= 4 is 17.8 Å². The molecule has 0 aromatic heterocycles. The molecule has 0 aliphatic rings. The first-order valence-corrected chi connectivity index (χ1v) is 8.31. The summed E-state index contributed by atoms with van der Waals surface area (Å²) in [5.41, 5.74) is -0.132. The van der Waals surface area contributed by atoms with Gasteiger partial charge in [0, 0.05) is 7.05 Å². The second-order valence-corrected chi connectivity index (χ2v) is 7.08. The smallest absolute Gasteiger partial charge is 0.328 e. The molecule has 26 heavy (non-hydrogen) atoms. The van der Waals surface area contributed by atoms with E-state index in [-0.39, 0.29) is 12.2 Å². The number of likely N-dealkylation sites (N-methyl/N-ethyl adjacent to an activating group) is 1. The normalized spacial score (nSPS) is 13.5. The lowest BCUT2D eigenvalue weighted by Gasteiger charge is -2.28. The monoisotopic (exact) mass is 365 g/mol. The number of ether oxygens (including phenoxy) is 2. The van der Waals surface area contributed by atoms with Crippen molar-refractivity contribution in [3.8, 4) is 5.75 Å². The largest absolute Gasteiger partial charge is 0.508 e. The zero-order valence-electron chi connectivity index (χ0n) is 16.1. The molecule has 1 aromatic carbocycles. The molecule has 0 spiro atoms. The number of benzene rings is 1. The van der Waals surface area contributed by atoms with Crippen molar-refractivity contribution in [2.24, 2.45) is 0 Å². The summed E-state index contributed by atoms with van der Waals surface area (Å²) in [6.45, 7) is 6.78. The molecule has 0 bridgehead atoms. The Morgan fingerprint density at radius 2 is 1.69 bits per heavy atom. The van der Waals surface area contributed by atoms with E-state index >= 15 is 0 Å². The average molecular weight is 365 g/mol. The van der Waals surface area contributed by atoms with Gasteiger partial charge in [0.15, 0.2) is 0 Å². The lowest BCUT2D eigenvalue weighted by Crippen LogP contribution is -2.43. The molecule has 1 aromatic rings. The van der Waals surface area contributed by atoms with E-state index in [0.717, 1.165) is 0 Å². The third-order valence-corrected chi connectivity index (χ3v) is 3.86. The zero-order chi connectivity index (χ0) is 20.1. The van der Waals surface area contributed by atoms with Crippen LogP contribution in [0.1, 0.15) is 45.6 Å². The van der Waals surface area contributed by atoms with Gasteiger partial charge >= 0.3 is 11.9 Å². The van der Waals surface area contributed by atoms with Gasteiger partial charge in [0.2, 0.25) is 5.91 Å². The van der Waals surface area contributed by atoms with Crippen molar-refractivity contribution in [1.82, 2.24) is 4.90 Å². The van der Waals surface area contributed by atoms with Crippen LogP contribution in [0, 0.1) is 0 Å². The Morgan fingerprint density at radius 1 is 1.15 bits per heavy atom. The SMILES string of the molecule is COC(=O)[C@H](C)N(C)C(=O)[C@H](CC(=O)OC(C)(C)C)c1ccc(O)cc1. The number of carbonyl (C=O) groups excluding carboxylic acids is 3. The van der Waals surface area contributed by atoms with Crippen LogP contribution in [0.25, 0.3) is 0 Å². The highest BCUT2D eigenvalue weighted by Crippen LogP contribution is 2.26. The lowest BCUT2D eigenvalue weighted by molar-refractivity contribution is -0.157. The van der Waals surface area contributed by atoms with Gasteiger partial charge in [0.05, 0.1) is 19.4 Å². The molecule has 144 valence electrons. The second kappa shape index (κ2) is 8.69. The number of rotatable bonds is 6. The van der Waals surface area contributed by atoms with Crippen LogP contribution in [0.15, 0.2) is 24.3 Å². The van der Waals surface area contributed by atoms with Crippen LogP contribution < -0.4 is 0 Å². The summed E-state index contributed by atoms with van der Waals surface area (Å²) in [4.78, 5) is 38.2. The molecule has 2 atom stereocenters. The van der Waals surface area contributed by atoms with Gasteiger partial charge in [-0.2, -0.15) is 0 Å². The third-order valence-electron chi connectivity index (χ3n) is 3.86. The first-order valence-electron chi connectivity index (χ1n) is 8.31. The number of carbonyl (C=O) groups is 3. The molecule has 0 aliphatic carbocycles. The summed E-state index contributed by atoms with van der Waals surface area (Å²) in [6, 6.07) is 5.21. The second-order valence-electron chi connectivity index (χ2n) is 7.08. The fourth-order valence-electron chi connectivity index (χ4n) is 2.37. The molecule has 1 rings (SSSR count). The summed E-state index contributed by atoms with van der Waals surface area (Å²) in [7, 11) is 2.72. The number of phenols is 1. The fraction of sp³-hybridized carbons (Fsp3) is 0.526. The molecule has 7 nitrogen and oxygen atoms in total. The lowest BCUT2D eigenvalue weighted by atomic mass is 9.93. The van der Waals surface area contributed by atoms with Crippen molar-refractivity contribution in [1.29, 1.82) is 0 Å². The zero-order valence-corrected chi connectivity index (χ0v) is 16.1. The summed E-state index contributed by atoms with van der Waals surface area (Å²) < 4.78 is 10.00. The van der Waals surface area contributed by atoms with E-state index in [4.69, 9.17) is 4.74 Å². The van der Waals surface area contributed by atoms with Crippen LogP contribution >= 0.6 is 0 Å². The fourth-order valence-corrected chi connectivity index (χ4v) is 2.37. The minimum atomic E-state index is -0.845. The van der Waals surface area contributed by atoms with E-state index < -0.39 is 35.4 Å². The van der Waals surface area contributed by atoms with Crippen molar-refractivity contribution in [2.45, 2.75) is 51.7 Å². The van der Waals surface area contributed by atoms with Crippen LogP contribution in [0.4, 0.5) is 0 Å². The first kappa shape index (κ1) is 21.5. The van der Waals surface area contributed by atoms with Crippen molar-refractivity contribution in [2.75, 3.05) is 14.2 Å². The van der Waals surface area contributed by atoms with Gasteiger partial charge in [-0.05, 0) is 45.4 Å². The van der Waals surface area contributed by atoms with Crippen LogP contribution in [-0.4, -0.2) is 53.7 Å². The van der Waals surface area contributed by atoms with Crippen LogP contribution in [0.3, 0.4) is 0 Å². The van der Waals surface area contributed by atoms with Gasteiger partial charge in [-0.15, -0.1) is 0 Å². The van der Waals surface area contributed by atoms with E-state index in [0.29, 0.717) is 5.56 Å². The van der Waals surface area contributed by atoms with Crippen LogP contribution in [-0.2, 0) is 23.9 Å². The van der Waals surface area contributed by atoms with E-state index in [1.165, 1.54) is 31.2 Å². The average Bonchev–Trinajstić information content (AvgIpc) is 2.56. The number of aromatic hydroxyl groups is 1. The number of hydrogen-bond donors (Lipinski definition) is 1. The number of amides is 1. The minimum absolute atomic E-state index is 0.0495. The Balaban J connectivity index is 3.10. The Hall–Kier alpha value is -2.57.